The van der Waals surface area contributed by atoms with Crippen molar-refractivity contribution in [2.75, 3.05) is 20.1 Å². The van der Waals surface area contributed by atoms with Crippen LogP contribution in [0, 0.1) is 17.3 Å². The molecule has 1 saturated carbocycles. The predicted molar refractivity (Wildman–Crippen MR) is 97.9 cm³/mol. The third kappa shape index (κ3) is 13.4. The Balaban J connectivity index is 0.000000300. The van der Waals surface area contributed by atoms with Crippen molar-refractivity contribution < 1.29 is 0 Å². The molecular formula is C20H43N. The topological polar surface area (TPSA) is 3.24 Å². The molecule has 0 atom stereocenters. The van der Waals surface area contributed by atoms with Crippen molar-refractivity contribution in [3.8, 4) is 0 Å². The highest BCUT2D eigenvalue weighted by atomic mass is 15.1. The van der Waals surface area contributed by atoms with Crippen LogP contribution in [0.4, 0.5) is 0 Å². The highest BCUT2D eigenvalue weighted by Crippen LogP contribution is 2.28. The Morgan fingerprint density at radius 1 is 1.00 bits per heavy atom. The lowest BCUT2D eigenvalue weighted by Gasteiger charge is -2.34. The fourth-order valence-corrected chi connectivity index (χ4v) is 2.53. The molecule has 0 aromatic rings. The maximum Gasteiger partial charge on any atom is -0.00167 e. The first-order chi connectivity index (χ1) is 9.76. The Kier molecular flexibility index (Phi) is 11.5. The van der Waals surface area contributed by atoms with E-state index in [2.05, 4.69) is 53.5 Å². The van der Waals surface area contributed by atoms with Gasteiger partial charge in [0.05, 0.1) is 0 Å². The summed E-state index contributed by atoms with van der Waals surface area (Å²) in [5, 5.41) is 0. The van der Waals surface area contributed by atoms with Gasteiger partial charge in [-0.15, -0.1) is 0 Å². The third-order valence-corrected chi connectivity index (χ3v) is 5.05. The molecule has 1 heterocycles. The number of nitrogens with zero attached hydrogens (tertiary/aromatic N) is 1. The van der Waals surface area contributed by atoms with Crippen molar-refractivity contribution in [1.82, 2.24) is 4.90 Å². The normalized spacial score (nSPS) is 22.9. The van der Waals surface area contributed by atoms with Gasteiger partial charge in [-0.05, 0) is 50.2 Å². The monoisotopic (exact) mass is 297 g/mol. The van der Waals surface area contributed by atoms with E-state index in [1.807, 2.05) is 0 Å². The third-order valence-electron chi connectivity index (χ3n) is 5.05. The minimum atomic E-state index is 0.618. The molecule has 0 N–H and O–H groups in total. The van der Waals surface area contributed by atoms with Crippen LogP contribution in [0.2, 0.25) is 0 Å². The zero-order chi connectivity index (χ0) is 16.3. The van der Waals surface area contributed by atoms with Crippen molar-refractivity contribution in [2.24, 2.45) is 17.3 Å². The van der Waals surface area contributed by atoms with Gasteiger partial charge in [-0.1, -0.05) is 80.1 Å². The Morgan fingerprint density at radius 3 is 1.67 bits per heavy atom. The van der Waals surface area contributed by atoms with E-state index in [1.54, 1.807) is 0 Å². The first-order valence-corrected chi connectivity index (χ1v) is 9.45. The fraction of sp³-hybridized carbons (Fsp3) is 1.00. The number of hydrogen-bond acceptors (Lipinski definition) is 1. The first kappa shape index (κ1) is 21.0. The van der Waals surface area contributed by atoms with Crippen LogP contribution in [0.25, 0.3) is 0 Å². The molecule has 0 bridgehead atoms. The molecule has 0 aromatic heterocycles. The second-order valence-electron chi connectivity index (χ2n) is 8.51. The second-order valence-corrected chi connectivity index (χ2v) is 8.51. The van der Waals surface area contributed by atoms with Gasteiger partial charge in [-0.3, -0.25) is 0 Å². The maximum atomic E-state index is 2.41. The summed E-state index contributed by atoms with van der Waals surface area (Å²) in [4.78, 5) is 2.41. The molecule has 1 aliphatic carbocycles. The van der Waals surface area contributed by atoms with Crippen LogP contribution < -0.4 is 0 Å². The van der Waals surface area contributed by atoms with E-state index in [-0.39, 0.29) is 0 Å². The van der Waals surface area contributed by atoms with Gasteiger partial charge in [0, 0.05) is 0 Å². The highest BCUT2D eigenvalue weighted by Gasteiger charge is 2.22. The molecule has 0 amide bonds. The molecule has 2 rings (SSSR count). The van der Waals surface area contributed by atoms with E-state index in [0.717, 1.165) is 11.8 Å². The minimum absolute atomic E-state index is 0.618. The minimum Gasteiger partial charge on any atom is -0.306 e. The molecule has 1 aliphatic heterocycles. The van der Waals surface area contributed by atoms with E-state index in [1.165, 1.54) is 64.5 Å². The quantitative estimate of drug-likeness (QED) is 0.543. The highest BCUT2D eigenvalue weighted by molar-refractivity contribution is 4.76. The van der Waals surface area contributed by atoms with Gasteiger partial charge in [0.2, 0.25) is 0 Å². The van der Waals surface area contributed by atoms with Gasteiger partial charge in [0.25, 0.3) is 0 Å². The van der Waals surface area contributed by atoms with Gasteiger partial charge >= 0.3 is 0 Å². The molecule has 2 aliphatic rings. The first-order valence-electron chi connectivity index (χ1n) is 9.45. The average Bonchev–Trinajstić information content (AvgIpc) is 2.44. The van der Waals surface area contributed by atoms with Gasteiger partial charge in [0.1, 0.15) is 0 Å². The van der Waals surface area contributed by atoms with Gasteiger partial charge < -0.3 is 4.90 Å². The lowest BCUT2D eigenvalue weighted by atomic mass is 9.83. The standard InChI is InChI=1S/C8H17N.C7H14.C5H12/c1-8(2)4-6-9(3)7-5-8;1-7-5-3-2-4-6-7;1-4-5(2)3/h4-7H2,1-3H3;7H,2-6H2,1H3;5H,4H2,1-3H3. The average molecular weight is 298 g/mol. The van der Waals surface area contributed by atoms with Gasteiger partial charge in [0.15, 0.2) is 0 Å². The summed E-state index contributed by atoms with van der Waals surface area (Å²) in [6.45, 7) is 16.3. The summed E-state index contributed by atoms with van der Waals surface area (Å²) in [5.74, 6) is 1.92. The van der Waals surface area contributed by atoms with E-state index < -0.39 is 0 Å². The Bertz CT molecular complexity index is 216. The summed E-state index contributed by atoms with van der Waals surface area (Å²) in [5.41, 5.74) is 0.618. The Hall–Kier alpha value is -0.0400. The van der Waals surface area contributed by atoms with Crippen molar-refractivity contribution in [3.05, 3.63) is 0 Å². The molecule has 128 valence electrons. The van der Waals surface area contributed by atoms with Crippen LogP contribution in [0.3, 0.4) is 0 Å². The van der Waals surface area contributed by atoms with Gasteiger partial charge in [-0.25, -0.2) is 0 Å². The molecule has 1 saturated heterocycles. The van der Waals surface area contributed by atoms with Crippen molar-refractivity contribution in [3.63, 3.8) is 0 Å². The Morgan fingerprint density at radius 2 is 1.43 bits per heavy atom. The fourth-order valence-electron chi connectivity index (χ4n) is 2.53. The van der Waals surface area contributed by atoms with E-state index in [9.17, 15) is 0 Å². The van der Waals surface area contributed by atoms with Crippen LogP contribution in [-0.4, -0.2) is 25.0 Å². The molecule has 2 fully saturated rings. The van der Waals surface area contributed by atoms with Crippen LogP contribution in [-0.2, 0) is 0 Å². The zero-order valence-electron chi connectivity index (χ0n) is 16.2. The molecule has 1 nitrogen and oxygen atoms in total. The second kappa shape index (κ2) is 11.5. The molecule has 0 aromatic carbocycles. The SMILES string of the molecule is CC1CCCCC1.CCC(C)C.CN1CCC(C)(C)CC1. The summed E-state index contributed by atoms with van der Waals surface area (Å²) in [6.07, 6.45) is 11.5. The lowest BCUT2D eigenvalue weighted by molar-refractivity contribution is 0.157. The molecule has 0 radical (unpaired) electrons. The zero-order valence-corrected chi connectivity index (χ0v) is 16.2. The smallest absolute Gasteiger partial charge is 0.00167 e. The molecule has 0 unspecified atom stereocenters. The number of likely N-dealkylation sites (tertiary alicyclic amines) is 1. The molecule has 0 spiro atoms. The number of hydrogen-bond donors (Lipinski definition) is 0. The number of piperidine rings is 1. The van der Waals surface area contributed by atoms with Crippen molar-refractivity contribution in [1.29, 1.82) is 0 Å². The van der Waals surface area contributed by atoms with Crippen LogP contribution in [0.1, 0.15) is 92.9 Å². The molecular weight excluding hydrogens is 254 g/mol. The van der Waals surface area contributed by atoms with E-state index in [0.29, 0.717) is 5.41 Å². The van der Waals surface area contributed by atoms with Crippen LogP contribution in [0.15, 0.2) is 0 Å². The van der Waals surface area contributed by atoms with Crippen LogP contribution in [0.5, 0.6) is 0 Å². The maximum absolute atomic E-state index is 2.41. The van der Waals surface area contributed by atoms with Gasteiger partial charge in [-0.2, -0.15) is 0 Å². The van der Waals surface area contributed by atoms with E-state index in [4.69, 9.17) is 0 Å². The summed E-state index contributed by atoms with van der Waals surface area (Å²) >= 11 is 0. The van der Waals surface area contributed by atoms with Crippen LogP contribution >= 0.6 is 0 Å². The lowest BCUT2D eigenvalue weighted by Crippen LogP contribution is -2.34. The number of rotatable bonds is 1. The van der Waals surface area contributed by atoms with E-state index >= 15 is 0 Å². The molecule has 21 heavy (non-hydrogen) atoms. The summed E-state index contributed by atoms with van der Waals surface area (Å²) in [6, 6.07) is 0. The summed E-state index contributed by atoms with van der Waals surface area (Å²) in [7, 11) is 2.20. The predicted octanol–water partition coefficient (Wildman–Crippen LogP) is 6.38. The van der Waals surface area contributed by atoms with Crippen molar-refractivity contribution in [2.45, 2.75) is 92.9 Å². The summed E-state index contributed by atoms with van der Waals surface area (Å²) < 4.78 is 0. The van der Waals surface area contributed by atoms with Crippen molar-refractivity contribution >= 4 is 0 Å². The largest absolute Gasteiger partial charge is 0.306 e. The Labute approximate surface area is 135 Å². The molecule has 1 heteroatoms.